The van der Waals surface area contributed by atoms with Gasteiger partial charge in [-0.1, -0.05) is 17.3 Å². The summed E-state index contributed by atoms with van der Waals surface area (Å²) in [5.74, 6) is -1.75. The molecule has 1 aromatic heterocycles. The number of piperazine rings is 1. The standard InChI is InChI=1S/C16H18F3N5O2/c1-23-6-7-24(12(8-20)9-23)14(25)11-4-2-10(3-5-11)13-21-15(26-22-13)16(17,18)19/h2-5,12H,6-9,20H2,1H3/t12-/m0/s1. The smallest absolute Gasteiger partial charge is 0.332 e. The summed E-state index contributed by atoms with van der Waals surface area (Å²) in [5.41, 5.74) is 6.53. The lowest BCUT2D eigenvalue weighted by atomic mass is 10.1. The zero-order valence-corrected chi connectivity index (χ0v) is 14.0. The maximum absolute atomic E-state index is 12.7. The first-order valence-corrected chi connectivity index (χ1v) is 8.00. The van der Waals surface area contributed by atoms with E-state index in [0.29, 0.717) is 30.8 Å². The lowest BCUT2D eigenvalue weighted by Crippen LogP contribution is -2.56. The van der Waals surface area contributed by atoms with E-state index in [1.807, 2.05) is 7.05 Å². The molecular weight excluding hydrogens is 351 g/mol. The largest absolute Gasteiger partial charge is 0.471 e. The van der Waals surface area contributed by atoms with E-state index < -0.39 is 12.1 Å². The predicted octanol–water partition coefficient (Wildman–Crippen LogP) is 1.47. The Balaban J connectivity index is 1.77. The van der Waals surface area contributed by atoms with Crippen LogP contribution in [0, 0.1) is 0 Å². The van der Waals surface area contributed by atoms with Crippen molar-refractivity contribution in [3.05, 3.63) is 35.7 Å². The van der Waals surface area contributed by atoms with Crippen molar-refractivity contribution in [2.24, 2.45) is 5.73 Å². The minimum Gasteiger partial charge on any atom is -0.332 e. The number of likely N-dealkylation sites (N-methyl/N-ethyl adjacent to an activating group) is 1. The lowest BCUT2D eigenvalue weighted by Gasteiger charge is -2.39. The molecule has 1 saturated heterocycles. The molecule has 1 atom stereocenters. The third-order valence-corrected chi connectivity index (χ3v) is 4.28. The second-order valence-corrected chi connectivity index (χ2v) is 6.15. The van der Waals surface area contributed by atoms with Gasteiger partial charge in [-0.15, -0.1) is 0 Å². The molecule has 2 N–H and O–H groups in total. The highest BCUT2D eigenvalue weighted by Gasteiger charge is 2.38. The highest BCUT2D eigenvalue weighted by molar-refractivity contribution is 5.95. The summed E-state index contributed by atoms with van der Waals surface area (Å²) in [6.07, 6.45) is -4.69. The minimum absolute atomic E-state index is 0.0764. The molecule has 1 aliphatic rings. The van der Waals surface area contributed by atoms with Crippen LogP contribution in [0.4, 0.5) is 13.2 Å². The second kappa shape index (κ2) is 7.04. The first-order valence-electron chi connectivity index (χ1n) is 8.00. The molecule has 3 rings (SSSR count). The Morgan fingerprint density at radius 1 is 1.31 bits per heavy atom. The summed E-state index contributed by atoms with van der Waals surface area (Å²) >= 11 is 0. The molecule has 1 fully saturated rings. The summed E-state index contributed by atoms with van der Waals surface area (Å²) in [6.45, 7) is 2.38. The van der Waals surface area contributed by atoms with E-state index in [4.69, 9.17) is 5.73 Å². The number of benzene rings is 1. The maximum Gasteiger partial charge on any atom is 0.471 e. The second-order valence-electron chi connectivity index (χ2n) is 6.15. The van der Waals surface area contributed by atoms with Gasteiger partial charge in [0, 0.05) is 37.3 Å². The Kier molecular flexibility index (Phi) is 4.97. The molecule has 7 nitrogen and oxygen atoms in total. The van der Waals surface area contributed by atoms with Crippen molar-refractivity contribution in [2.45, 2.75) is 12.2 Å². The number of carbonyl (C=O) groups is 1. The summed E-state index contributed by atoms with van der Waals surface area (Å²) in [4.78, 5) is 19.9. The van der Waals surface area contributed by atoms with Gasteiger partial charge in [0.15, 0.2) is 0 Å². The van der Waals surface area contributed by atoms with Crippen LogP contribution in [0.3, 0.4) is 0 Å². The molecule has 0 aliphatic carbocycles. The van der Waals surface area contributed by atoms with Crippen LogP contribution in [0.2, 0.25) is 0 Å². The van der Waals surface area contributed by atoms with Crippen molar-refractivity contribution >= 4 is 5.91 Å². The Labute approximate surface area is 147 Å². The van der Waals surface area contributed by atoms with Crippen LogP contribution in [0.25, 0.3) is 11.4 Å². The molecule has 0 unspecified atom stereocenters. The number of rotatable bonds is 3. The van der Waals surface area contributed by atoms with E-state index in [1.54, 1.807) is 4.90 Å². The minimum atomic E-state index is -4.69. The first-order chi connectivity index (χ1) is 12.3. The lowest BCUT2D eigenvalue weighted by molar-refractivity contribution is -0.159. The number of aromatic nitrogens is 2. The van der Waals surface area contributed by atoms with Crippen LogP contribution in [-0.4, -0.2) is 65.1 Å². The maximum atomic E-state index is 12.7. The summed E-state index contributed by atoms with van der Waals surface area (Å²) in [7, 11) is 1.97. The molecule has 1 aromatic carbocycles. The molecule has 2 aromatic rings. The Hall–Kier alpha value is -2.46. The van der Waals surface area contributed by atoms with Gasteiger partial charge in [0.1, 0.15) is 0 Å². The van der Waals surface area contributed by atoms with Crippen molar-refractivity contribution in [1.82, 2.24) is 19.9 Å². The van der Waals surface area contributed by atoms with E-state index in [1.165, 1.54) is 24.3 Å². The average molecular weight is 369 g/mol. The first kappa shape index (κ1) is 18.3. The molecule has 26 heavy (non-hydrogen) atoms. The molecule has 10 heteroatoms. The molecule has 0 spiro atoms. The van der Waals surface area contributed by atoms with Crippen LogP contribution >= 0.6 is 0 Å². The Morgan fingerprint density at radius 3 is 2.58 bits per heavy atom. The quantitative estimate of drug-likeness (QED) is 0.882. The van der Waals surface area contributed by atoms with Gasteiger partial charge in [0.05, 0.1) is 6.04 Å². The number of carbonyl (C=O) groups excluding carboxylic acids is 1. The van der Waals surface area contributed by atoms with Gasteiger partial charge in [0.2, 0.25) is 5.82 Å². The van der Waals surface area contributed by atoms with E-state index >= 15 is 0 Å². The van der Waals surface area contributed by atoms with E-state index in [9.17, 15) is 18.0 Å². The third-order valence-electron chi connectivity index (χ3n) is 4.28. The highest BCUT2D eigenvalue weighted by atomic mass is 19.4. The number of hydrogen-bond donors (Lipinski definition) is 1. The molecule has 140 valence electrons. The topological polar surface area (TPSA) is 88.5 Å². The van der Waals surface area contributed by atoms with E-state index in [2.05, 4.69) is 19.6 Å². The average Bonchev–Trinajstić information content (AvgIpc) is 3.11. The van der Waals surface area contributed by atoms with E-state index in [-0.39, 0.29) is 17.8 Å². The SMILES string of the molecule is CN1CCN(C(=O)c2ccc(-c3noc(C(F)(F)F)n3)cc2)[C@@H](CN)C1. The van der Waals surface area contributed by atoms with Crippen molar-refractivity contribution < 1.29 is 22.5 Å². The monoisotopic (exact) mass is 369 g/mol. The number of amides is 1. The fourth-order valence-electron chi connectivity index (χ4n) is 2.86. The molecule has 1 amide bonds. The van der Waals surface area contributed by atoms with Crippen LogP contribution in [0.15, 0.2) is 28.8 Å². The van der Waals surface area contributed by atoms with Crippen molar-refractivity contribution in [3.63, 3.8) is 0 Å². The van der Waals surface area contributed by atoms with Crippen LogP contribution in [0.5, 0.6) is 0 Å². The van der Waals surface area contributed by atoms with Gasteiger partial charge in [-0.25, -0.2) is 0 Å². The number of nitrogens with two attached hydrogens (primary N) is 1. The fourth-order valence-corrected chi connectivity index (χ4v) is 2.86. The predicted molar refractivity (Wildman–Crippen MR) is 86.1 cm³/mol. The highest BCUT2D eigenvalue weighted by Crippen LogP contribution is 2.29. The number of hydrogen-bond acceptors (Lipinski definition) is 6. The molecule has 0 saturated carbocycles. The molecule has 2 heterocycles. The van der Waals surface area contributed by atoms with Crippen LogP contribution in [0.1, 0.15) is 16.2 Å². The number of nitrogens with zero attached hydrogens (tertiary/aromatic N) is 4. The zero-order valence-electron chi connectivity index (χ0n) is 14.0. The fraction of sp³-hybridized carbons (Fsp3) is 0.438. The van der Waals surface area contributed by atoms with Gasteiger partial charge >= 0.3 is 12.1 Å². The van der Waals surface area contributed by atoms with Gasteiger partial charge in [0.25, 0.3) is 5.91 Å². The number of halogens is 3. The molecule has 0 radical (unpaired) electrons. The van der Waals surface area contributed by atoms with Gasteiger partial charge in [-0.05, 0) is 19.2 Å². The van der Waals surface area contributed by atoms with Gasteiger partial charge in [-0.2, -0.15) is 18.2 Å². The van der Waals surface area contributed by atoms with Crippen molar-refractivity contribution in [3.8, 4) is 11.4 Å². The number of alkyl halides is 3. The van der Waals surface area contributed by atoms with Gasteiger partial charge < -0.3 is 20.1 Å². The third kappa shape index (κ3) is 3.70. The normalized spacial score (nSPS) is 19.0. The van der Waals surface area contributed by atoms with Crippen molar-refractivity contribution in [2.75, 3.05) is 33.2 Å². The molecule has 1 aliphatic heterocycles. The zero-order chi connectivity index (χ0) is 18.9. The van der Waals surface area contributed by atoms with Crippen LogP contribution in [-0.2, 0) is 6.18 Å². The van der Waals surface area contributed by atoms with Crippen LogP contribution < -0.4 is 5.73 Å². The summed E-state index contributed by atoms with van der Waals surface area (Å²) < 4.78 is 41.8. The Morgan fingerprint density at radius 2 is 2.00 bits per heavy atom. The van der Waals surface area contributed by atoms with E-state index in [0.717, 1.165) is 6.54 Å². The molecule has 0 bridgehead atoms. The summed E-state index contributed by atoms with van der Waals surface area (Å²) in [6, 6.07) is 5.98. The Bertz CT molecular complexity index is 775. The van der Waals surface area contributed by atoms with Crippen molar-refractivity contribution in [1.29, 1.82) is 0 Å². The molecular formula is C16H18F3N5O2. The summed E-state index contributed by atoms with van der Waals surface area (Å²) in [5, 5.41) is 3.33. The van der Waals surface area contributed by atoms with Gasteiger partial charge in [-0.3, -0.25) is 4.79 Å².